The van der Waals surface area contributed by atoms with E-state index < -0.39 is 0 Å². The zero-order valence-corrected chi connectivity index (χ0v) is 6.95. The highest BCUT2D eigenvalue weighted by Gasteiger charge is 1.83. The first-order valence-electron chi connectivity index (χ1n) is 3.57. The lowest BCUT2D eigenvalue weighted by Gasteiger charge is -1.83. The fourth-order valence-corrected chi connectivity index (χ4v) is 0.408. The second kappa shape index (κ2) is 30.3. The van der Waals surface area contributed by atoms with Crippen LogP contribution in [0, 0.1) is 34.0 Å². The summed E-state index contributed by atoms with van der Waals surface area (Å²) in [5, 5.41) is 23.6. The summed E-state index contributed by atoms with van der Waals surface area (Å²) in [4.78, 5) is 0. The molecule has 0 saturated heterocycles. The molecule has 0 fully saturated rings. The van der Waals surface area contributed by atoms with Gasteiger partial charge in [0, 0.05) is 18.9 Å². The molecule has 78 valence electrons. The first-order valence-corrected chi connectivity index (χ1v) is 3.57. The van der Waals surface area contributed by atoms with Crippen LogP contribution >= 0.6 is 0 Å². The lowest BCUT2D eigenvalue weighted by Crippen LogP contribution is -1.70. The Morgan fingerprint density at radius 2 is 1.29 bits per heavy atom. The molecular formula is C11H21N3+2. The van der Waals surface area contributed by atoms with Crippen LogP contribution in [0.5, 0.6) is 0 Å². The van der Waals surface area contributed by atoms with Crippen molar-refractivity contribution in [2.45, 2.75) is 40.5 Å². The second-order valence-corrected chi connectivity index (χ2v) is 1.86. The van der Waals surface area contributed by atoms with E-state index in [9.17, 15) is 0 Å². The zero-order chi connectivity index (χ0) is 9.66. The van der Waals surface area contributed by atoms with Gasteiger partial charge in [-0.3, -0.25) is 0 Å². The van der Waals surface area contributed by atoms with E-state index in [0.29, 0.717) is 12.8 Å². The van der Waals surface area contributed by atoms with Crippen molar-refractivity contribution in [1.29, 1.82) is 15.8 Å². The molecule has 0 saturated carbocycles. The number of rotatable bonds is 3. The molecule has 14 heavy (non-hydrogen) atoms. The molecule has 0 spiro atoms. The Hall–Kier alpha value is -1.79. The molecule has 0 aromatic carbocycles. The normalized spacial score (nSPS) is 5.21. The molecule has 0 aliphatic rings. The summed E-state index contributed by atoms with van der Waals surface area (Å²) in [6.07, 6.45) is 4.08. The van der Waals surface area contributed by atoms with Gasteiger partial charge in [0.2, 0.25) is 0 Å². The summed E-state index contributed by atoms with van der Waals surface area (Å²) in [5.74, 6) is 0. The maximum absolute atomic E-state index is 8.03. The van der Waals surface area contributed by atoms with Gasteiger partial charge in [-0.1, -0.05) is 21.4 Å². The third kappa shape index (κ3) is 48.9. The van der Waals surface area contributed by atoms with Gasteiger partial charge in [0.25, 0.3) is 0 Å². The van der Waals surface area contributed by atoms with Gasteiger partial charge in [0.1, 0.15) is 0 Å². The van der Waals surface area contributed by atoms with Gasteiger partial charge in [0.15, 0.2) is 0 Å². The van der Waals surface area contributed by atoms with Gasteiger partial charge in [-0.25, -0.2) is 0 Å². The molecule has 0 aromatic heterocycles. The molecular weight excluding hydrogens is 174 g/mol. The van der Waals surface area contributed by atoms with Crippen molar-refractivity contribution in [3.8, 4) is 18.2 Å². The monoisotopic (exact) mass is 195 g/mol. The topological polar surface area (TPSA) is 71.4 Å². The average Bonchev–Trinajstić information content (AvgIpc) is 2.13. The van der Waals surface area contributed by atoms with E-state index in [1.54, 1.807) is 6.07 Å². The van der Waals surface area contributed by atoms with E-state index >= 15 is 0 Å². The highest BCUT2D eigenvalue weighted by molar-refractivity contribution is 4.93. The Bertz CT molecular complexity index is 205. The summed E-state index contributed by atoms with van der Waals surface area (Å²) in [5.41, 5.74) is 0. The van der Waals surface area contributed by atoms with Gasteiger partial charge in [-0.2, -0.15) is 15.8 Å². The van der Waals surface area contributed by atoms with E-state index in [2.05, 4.69) is 6.58 Å². The van der Waals surface area contributed by atoms with Gasteiger partial charge in [-0.15, -0.1) is 0 Å². The van der Waals surface area contributed by atoms with Crippen LogP contribution in [0.2, 0.25) is 0 Å². The molecule has 3 heteroatoms. The van der Waals surface area contributed by atoms with Crippen LogP contribution in [0.4, 0.5) is 0 Å². The maximum atomic E-state index is 8.03. The van der Waals surface area contributed by atoms with Crippen LogP contribution in [0.3, 0.4) is 0 Å². The fraction of sp³-hybridized carbons (Fsp3) is 0.545. The zero-order valence-electron chi connectivity index (χ0n) is 8.95. The summed E-state index contributed by atoms with van der Waals surface area (Å²) >= 11 is 0. The first kappa shape index (κ1) is 22.8. The van der Waals surface area contributed by atoms with Crippen LogP contribution in [0.1, 0.15) is 43.4 Å². The minimum absolute atomic E-state index is 0. The predicted molar refractivity (Wildman–Crippen MR) is 61.2 cm³/mol. The maximum Gasteiger partial charge on any atom is 1.00 e. The van der Waals surface area contributed by atoms with Crippen molar-refractivity contribution in [3.63, 3.8) is 0 Å². The summed E-state index contributed by atoms with van der Waals surface area (Å²) < 4.78 is 0. The third-order valence-electron chi connectivity index (χ3n) is 0.918. The lowest BCUT2D eigenvalue weighted by molar-refractivity contribution is 0.773. The van der Waals surface area contributed by atoms with E-state index in [-0.39, 0.29) is 17.7 Å². The molecule has 0 aliphatic carbocycles. The van der Waals surface area contributed by atoms with Crippen molar-refractivity contribution in [2.24, 2.45) is 0 Å². The Kier molecular flexibility index (Phi) is 49.3. The molecule has 0 amide bonds. The minimum Gasteiger partial charge on any atom is -0.198 e. The smallest absolute Gasteiger partial charge is 0.198 e. The Morgan fingerprint density at radius 1 is 1.00 bits per heavy atom. The first-order chi connectivity index (χ1) is 5.83. The molecule has 0 atom stereocenters. The predicted octanol–water partition coefficient (Wildman–Crippen LogP) is 3.79. The second-order valence-electron chi connectivity index (χ2n) is 1.86. The van der Waals surface area contributed by atoms with Gasteiger partial charge in [0.05, 0.1) is 18.2 Å². The number of hydrogen-bond acceptors (Lipinski definition) is 3. The number of unbranched alkanes of at least 4 members (excludes halogenated alkanes) is 3. The molecule has 0 aliphatic heterocycles. The summed E-state index contributed by atoms with van der Waals surface area (Å²) in [6, 6.07) is 5.73. The highest BCUT2D eigenvalue weighted by atomic mass is 14.2. The van der Waals surface area contributed by atoms with E-state index in [0.717, 1.165) is 12.8 Å². The van der Waals surface area contributed by atoms with Gasteiger partial charge < -0.3 is 0 Å². The van der Waals surface area contributed by atoms with Crippen molar-refractivity contribution in [1.82, 2.24) is 0 Å². The van der Waals surface area contributed by atoms with Crippen molar-refractivity contribution < 1.29 is 2.85 Å². The van der Waals surface area contributed by atoms with Crippen LogP contribution in [0.15, 0.2) is 12.7 Å². The molecule has 0 bridgehead atoms. The van der Waals surface area contributed by atoms with Crippen molar-refractivity contribution in [3.05, 3.63) is 12.7 Å². The number of nitriles is 3. The fourth-order valence-electron chi connectivity index (χ4n) is 0.408. The SMILES string of the molecule is C.C.C=CC#N.N#CCCCCC#N.[H+].[H+]. The van der Waals surface area contributed by atoms with Gasteiger partial charge >= 0.3 is 2.85 Å². The number of nitrogens with zero attached hydrogens (tertiary/aromatic N) is 3. The summed E-state index contributed by atoms with van der Waals surface area (Å²) in [7, 11) is 0. The Labute approximate surface area is 90.9 Å². The van der Waals surface area contributed by atoms with Crippen LogP contribution in [-0.4, -0.2) is 0 Å². The Morgan fingerprint density at radius 3 is 1.43 bits per heavy atom. The van der Waals surface area contributed by atoms with E-state index in [4.69, 9.17) is 15.8 Å². The van der Waals surface area contributed by atoms with Gasteiger partial charge in [-0.05, 0) is 12.8 Å². The Balaban J connectivity index is -0.0000000281. The standard InChI is InChI=1S/C6H8N2.C3H3N.2CH4/c7-5-3-1-2-4-6-8;1-2-3-4;;/h1-4H2;2H,1H2;2*1H4/p+2. The molecule has 0 rings (SSSR count). The largest absolute Gasteiger partial charge is 1.00 e. The molecule has 0 radical (unpaired) electrons. The average molecular weight is 195 g/mol. The molecule has 0 unspecified atom stereocenters. The third-order valence-corrected chi connectivity index (χ3v) is 0.918. The molecule has 0 heterocycles. The van der Waals surface area contributed by atoms with Crippen molar-refractivity contribution >= 4 is 0 Å². The van der Waals surface area contributed by atoms with Crippen LogP contribution in [-0.2, 0) is 0 Å². The number of hydrogen-bond donors (Lipinski definition) is 0. The van der Waals surface area contributed by atoms with Crippen LogP contribution in [0.25, 0.3) is 0 Å². The van der Waals surface area contributed by atoms with Crippen molar-refractivity contribution in [2.75, 3.05) is 0 Å². The lowest BCUT2D eigenvalue weighted by atomic mass is 10.2. The van der Waals surface area contributed by atoms with E-state index in [1.807, 2.05) is 12.1 Å². The highest BCUT2D eigenvalue weighted by Crippen LogP contribution is 1.95. The molecule has 0 N–H and O–H groups in total. The molecule has 0 aromatic rings. The summed E-state index contributed by atoms with van der Waals surface area (Å²) in [6.45, 7) is 3.12. The quantitative estimate of drug-likeness (QED) is 0.508. The molecule has 3 nitrogen and oxygen atoms in total. The van der Waals surface area contributed by atoms with E-state index in [1.165, 1.54) is 6.08 Å². The minimum atomic E-state index is 0. The number of allylic oxidation sites excluding steroid dienone is 1. The van der Waals surface area contributed by atoms with Crippen LogP contribution < -0.4 is 0 Å².